The number of hydrogen-bond acceptors (Lipinski definition) is 3. The van der Waals surface area contributed by atoms with Crippen LogP contribution in [-0.2, 0) is 9.53 Å². The van der Waals surface area contributed by atoms with Crippen LogP contribution in [-0.4, -0.2) is 19.6 Å². The van der Waals surface area contributed by atoms with Gasteiger partial charge in [0.2, 0.25) is 0 Å². The van der Waals surface area contributed by atoms with Gasteiger partial charge in [0.25, 0.3) is 0 Å². The first kappa shape index (κ1) is 13.6. The highest BCUT2D eigenvalue weighted by Crippen LogP contribution is 2.20. The molecule has 1 N–H and O–H groups in total. The minimum atomic E-state index is -0.280. The van der Waals surface area contributed by atoms with Gasteiger partial charge in [-0.25, -0.2) is 4.39 Å². The van der Waals surface area contributed by atoms with E-state index in [0.717, 1.165) is 12.1 Å². The summed E-state index contributed by atoms with van der Waals surface area (Å²) in [4.78, 5) is 11.3. The molecule has 1 atom stereocenters. The molecule has 94 valence electrons. The molecular formula is C13H18FNO2. The normalized spacial score (nSPS) is 12.2. The van der Waals surface area contributed by atoms with E-state index >= 15 is 0 Å². The topological polar surface area (TPSA) is 38.3 Å². The van der Waals surface area contributed by atoms with Crippen molar-refractivity contribution in [1.82, 2.24) is 5.32 Å². The number of methoxy groups -OCH3 is 1. The number of halogens is 1. The minimum absolute atomic E-state index is 0.133. The van der Waals surface area contributed by atoms with Crippen LogP contribution in [0.4, 0.5) is 4.39 Å². The standard InChI is InChI=1S/C13H18FNO2/c1-4-15-12(8-13(16)17-3)10-5-6-11(14)9(2)7-10/h5-7,12,15H,4,8H2,1-3H3. The largest absolute Gasteiger partial charge is 0.469 e. The molecule has 0 fully saturated rings. The number of rotatable bonds is 5. The quantitative estimate of drug-likeness (QED) is 0.801. The van der Waals surface area contributed by atoms with Crippen molar-refractivity contribution in [3.05, 3.63) is 35.1 Å². The lowest BCUT2D eigenvalue weighted by molar-refractivity contribution is -0.141. The van der Waals surface area contributed by atoms with Crippen LogP contribution in [0.15, 0.2) is 18.2 Å². The summed E-state index contributed by atoms with van der Waals surface area (Å²) >= 11 is 0. The Kier molecular flexibility index (Phi) is 5.10. The van der Waals surface area contributed by atoms with Crippen LogP contribution in [0, 0.1) is 12.7 Å². The van der Waals surface area contributed by atoms with E-state index in [9.17, 15) is 9.18 Å². The Hall–Kier alpha value is -1.42. The first-order chi connectivity index (χ1) is 8.08. The molecule has 1 aromatic rings. The molecule has 0 aliphatic carbocycles. The Labute approximate surface area is 101 Å². The maximum Gasteiger partial charge on any atom is 0.307 e. The second kappa shape index (κ2) is 6.35. The maximum absolute atomic E-state index is 13.2. The first-order valence-corrected chi connectivity index (χ1v) is 5.64. The lowest BCUT2D eigenvalue weighted by Gasteiger charge is -2.17. The van der Waals surface area contributed by atoms with Crippen molar-refractivity contribution in [3.63, 3.8) is 0 Å². The Bertz CT molecular complexity index is 393. The Morgan fingerprint density at radius 3 is 2.76 bits per heavy atom. The third kappa shape index (κ3) is 3.82. The van der Waals surface area contributed by atoms with Gasteiger partial charge in [-0.2, -0.15) is 0 Å². The van der Waals surface area contributed by atoms with Crippen molar-refractivity contribution in [2.45, 2.75) is 26.3 Å². The molecule has 0 saturated carbocycles. The number of hydrogen-bond donors (Lipinski definition) is 1. The summed E-state index contributed by atoms with van der Waals surface area (Å²) in [6.45, 7) is 4.40. The van der Waals surface area contributed by atoms with Crippen molar-refractivity contribution in [2.24, 2.45) is 0 Å². The average molecular weight is 239 g/mol. The molecule has 0 saturated heterocycles. The van der Waals surface area contributed by atoms with Gasteiger partial charge in [-0.05, 0) is 30.7 Å². The Balaban J connectivity index is 2.88. The van der Waals surface area contributed by atoms with Gasteiger partial charge in [-0.1, -0.05) is 19.1 Å². The molecular weight excluding hydrogens is 221 g/mol. The number of aryl methyl sites for hydroxylation is 1. The van der Waals surface area contributed by atoms with Gasteiger partial charge < -0.3 is 10.1 Å². The van der Waals surface area contributed by atoms with E-state index in [4.69, 9.17) is 0 Å². The van der Waals surface area contributed by atoms with Crippen molar-refractivity contribution in [1.29, 1.82) is 0 Å². The second-order valence-electron chi connectivity index (χ2n) is 3.90. The summed E-state index contributed by atoms with van der Waals surface area (Å²) in [5.41, 5.74) is 1.48. The predicted octanol–water partition coefficient (Wildman–Crippen LogP) is 2.35. The van der Waals surface area contributed by atoms with Crippen molar-refractivity contribution >= 4 is 5.97 Å². The van der Waals surface area contributed by atoms with E-state index in [1.807, 2.05) is 6.92 Å². The Morgan fingerprint density at radius 2 is 2.24 bits per heavy atom. The molecule has 0 bridgehead atoms. The monoisotopic (exact) mass is 239 g/mol. The molecule has 1 unspecified atom stereocenters. The number of carbonyl (C=O) groups excluding carboxylic acids is 1. The molecule has 0 spiro atoms. The minimum Gasteiger partial charge on any atom is -0.469 e. The highest BCUT2D eigenvalue weighted by atomic mass is 19.1. The molecule has 3 nitrogen and oxygen atoms in total. The zero-order chi connectivity index (χ0) is 12.8. The second-order valence-corrected chi connectivity index (χ2v) is 3.90. The molecule has 0 amide bonds. The molecule has 0 heterocycles. The SMILES string of the molecule is CCNC(CC(=O)OC)c1ccc(F)c(C)c1. The van der Waals surface area contributed by atoms with Crippen molar-refractivity contribution in [3.8, 4) is 0 Å². The number of nitrogens with one attached hydrogen (secondary N) is 1. The van der Waals surface area contributed by atoms with Crippen LogP contribution in [0.2, 0.25) is 0 Å². The summed E-state index contributed by atoms with van der Waals surface area (Å²) in [6, 6.07) is 4.74. The van der Waals surface area contributed by atoms with Crippen LogP contribution in [0.1, 0.15) is 30.5 Å². The van der Waals surface area contributed by atoms with E-state index < -0.39 is 0 Å². The highest BCUT2D eigenvalue weighted by molar-refractivity contribution is 5.70. The summed E-state index contributed by atoms with van der Waals surface area (Å²) in [7, 11) is 1.36. The Morgan fingerprint density at radius 1 is 1.53 bits per heavy atom. The molecule has 0 aliphatic rings. The fourth-order valence-electron chi connectivity index (χ4n) is 1.69. The van der Waals surface area contributed by atoms with E-state index in [1.165, 1.54) is 13.2 Å². The molecule has 1 rings (SSSR count). The summed E-state index contributed by atoms with van der Waals surface area (Å²) in [5, 5.41) is 3.19. The van der Waals surface area contributed by atoms with Gasteiger partial charge in [-0.3, -0.25) is 4.79 Å². The highest BCUT2D eigenvalue weighted by Gasteiger charge is 2.16. The lowest BCUT2D eigenvalue weighted by Crippen LogP contribution is -2.24. The third-order valence-electron chi connectivity index (χ3n) is 2.63. The van der Waals surface area contributed by atoms with Gasteiger partial charge in [0.1, 0.15) is 5.82 Å². The summed E-state index contributed by atoms with van der Waals surface area (Å²) in [5.74, 6) is -0.514. The molecule has 17 heavy (non-hydrogen) atoms. The number of carbonyl (C=O) groups is 1. The van der Waals surface area contributed by atoms with Gasteiger partial charge in [-0.15, -0.1) is 0 Å². The predicted molar refractivity (Wildman–Crippen MR) is 64.2 cm³/mol. The maximum atomic E-state index is 13.2. The number of benzene rings is 1. The van der Waals surface area contributed by atoms with Gasteiger partial charge >= 0.3 is 5.97 Å². The number of esters is 1. The smallest absolute Gasteiger partial charge is 0.307 e. The molecule has 1 aromatic carbocycles. The number of ether oxygens (including phenoxy) is 1. The lowest BCUT2D eigenvalue weighted by atomic mass is 10.0. The van der Waals surface area contributed by atoms with E-state index in [0.29, 0.717) is 5.56 Å². The fraction of sp³-hybridized carbons (Fsp3) is 0.462. The van der Waals surface area contributed by atoms with Crippen LogP contribution in [0.5, 0.6) is 0 Å². The van der Waals surface area contributed by atoms with Crippen LogP contribution in [0.3, 0.4) is 0 Å². The average Bonchev–Trinajstić information content (AvgIpc) is 2.32. The van der Waals surface area contributed by atoms with E-state index in [2.05, 4.69) is 10.1 Å². The van der Waals surface area contributed by atoms with Gasteiger partial charge in [0, 0.05) is 6.04 Å². The van der Waals surface area contributed by atoms with E-state index in [1.54, 1.807) is 19.1 Å². The zero-order valence-electron chi connectivity index (χ0n) is 10.4. The zero-order valence-corrected chi connectivity index (χ0v) is 10.4. The van der Waals surface area contributed by atoms with Crippen molar-refractivity contribution < 1.29 is 13.9 Å². The molecule has 0 aliphatic heterocycles. The molecule has 0 radical (unpaired) electrons. The van der Waals surface area contributed by atoms with Gasteiger partial charge in [0.15, 0.2) is 0 Å². The summed E-state index contributed by atoms with van der Waals surface area (Å²) < 4.78 is 17.8. The van der Waals surface area contributed by atoms with Crippen molar-refractivity contribution in [2.75, 3.05) is 13.7 Å². The third-order valence-corrected chi connectivity index (χ3v) is 2.63. The van der Waals surface area contributed by atoms with Crippen LogP contribution < -0.4 is 5.32 Å². The van der Waals surface area contributed by atoms with Crippen LogP contribution >= 0.6 is 0 Å². The molecule has 0 aromatic heterocycles. The van der Waals surface area contributed by atoms with Crippen LogP contribution in [0.25, 0.3) is 0 Å². The first-order valence-electron chi connectivity index (χ1n) is 5.64. The summed E-state index contributed by atoms with van der Waals surface area (Å²) in [6.07, 6.45) is 0.245. The van der Waals surface area contributed by atoms with E-state index in [-0.39, 0.29) is 24.2 Å². The molecule has 4 heteroatoms. The fourth-order valence-corrected chi connectivity index (χ4v) is 1.69. The van der Waals surface area contributed by atoms with Gasteiger partial charge in [0.05, 0.1) is 13.5 Å².